The number of nitro benzene ring substituents is 1. The van der Waals surface area contributed by atoms with Crippen LogP contribution in [-0.2, 0) is 6.61 Å². The maximum atomic E-state index is 14.2. The van der Waals surface area contributed by atoms with E-state index in [0.29, 0.717) is 0 Å². The fourth-order valence-electron chi connectivity index (χ4n) is 2.41. The number of hydrogen-bond donors (Lipinski definition) is 0. The zero-order chi connectivity index (χ0) is 18.8. The van der Waals surface area contributed by atoms with Gasteiger partial charge in [0.05, 0.1) is 23.7 Å². The maximum Gasteiger partial charge on any atom is 0.308 e. The van der Waals surface area contributed by atoms with Gasteiger partial charge in [-0.25, -0.2) is 8.78 Å². The van der Waals surface area contributed by atoms with Gasteiger partial charge in [-0.1, -0.05) is 0 Å². The lowest BCUT2D eigenvalue weighted by atomic mass is 10.1. The van der Waals surface area contributed by atoms with Crippen molar-refractivity contribution >= 4 is 5.69 Å². The first kappa shape index (κ1) is 17.6. The normalized spacial score (nSPS) is 12.6. The molecule has 10 heteroatoms. The van der Waals surface area contributed by atoms with Gasteiger partial charge < -0.3 is 18.9 Å². The molecular weight excluding hydrogens is 359 g/mol. The number of methoxy groups -OCH3 is 1. The van der Waals surface area contributed by atoms with Crippen molar-refractivity contribution in [3.05, 3.63) is 51.3 Å². The van der Waals surface area contributed by atoms with Crippen molar-refractivity contribution in [3.63, 3.8) is 0 Å². The van der Waals surface area contributed by atoms with E-state index in [1.807, 2.05) is 0 Å². The van der Waals surface area contributed by atoms with Crippen molar-refractivity contribution in [2.75, 3.05) is 20.3 Å². The van der Waals surface area contributed by atoms with Crippen LogP contribution in [0.15, 0.2) is 18.2 Å². The SMILES string of the molecule is COc1cc(F)c([N+](=O)[O-])cc1OCc1c(F)c(F)cc2c1OCCO2. The van der Waals surface area contributed by atoms with Crippen LogP contribution in [0.4, 0.5) is 18.9 Å². The van der Waals surface area contributed by atoms with Gasteiger partial charge in [0.2, 0.25) is 5.82 Å². The first-order valence-electron chi connectivity index (χ1n) is 7.33. The van der Waals surface area contributed by atoms with Crippen molar-refractivity contribution in [1.82, 2.24) is 0 Å². The van der Waals surface area contributed by atoms with E-state index in [9.17, 15) is 23.3 Å². The van der Waals surface area contributed by atoms with Gasteiger partial charge in [0, 0.05) is 12.1 Å². The van der Waals surface area contributed by atoms with Gasteiger partial charge in [-0.3, -0.25) is 10.1 Å². The molecule has 0 spiro atoms. The predicted octanol–water partition coefficient (Wildman–Crippen LogP) is 3.37. The van der Waals surface area contributed by atoms with Crippen molar-refractivity contribution in [2.45, 2.75) is 6.61 Å². The minimum atomic E-state index is -1.20. The number of nitrogens with zero attached hydrogens (tertiary/aromatic N) is 1. The third-order valence-electron chi connectivity index (χ3n) is 3.62. The molecule has 7 nitrogen and oxygen atoms in total. The molecule has 0 atom stereocenters. The fourth-order valence-corrected chi connectivity index (χ4v) is 2.41. The topological polar surface area (TPSA) is 80.1 Å². The fraction of sp³-hybridized carbons (Fsp3) is 0.250. The van der Waals surface area contributed by atoms with Gasteiger partial charge >= 0.3 is 5.69 Å². The van der Waals surface area contributed by atoms with E-state index < -0.39 is 34.7 Å². The first-order chi connectivity index (χ1) is 12.4. The molecule has 1 heterocycles. The number of benzene rings is 2. The van der Waals surface area contributed by atoms with Gasteiger partial charge in [0.15, 0.2) is 34.6 Å². The Morgan fingerprint density at radius 2 is 1.85 bits per heavy atom. The highest BCUT2D eigenvalue weighted by Crippen LogP contribution is 2.39. The molecule has 0 saturated heterocycles. The third-order valence-corrected chi connectivity index (χ3v) is 3.62. The quantitative estimate of drug-likeness (QED) is 0.592. The Balaban J connectivity index is 1.96. The third kappa shape index (κ3) is 3.17. The molecule has 3 rings (SSSR count). The zero-order valence-electron chi connectivity index (χ0n) is 13.4. The van der Waals surface area contributed by atoms with E-state index in [1.165, 1.54) is 7.11 Å². The molecule has 1 aliphatic heterocycles. The molecule has 2 aromatic rings. The molecule has 0 radical (unpaired) electrons. The molecule has 1 aliphatic rings. The van der Waals surface area contributed by atoms with E-state index in [-0.39, 0.29) is 41.8 Å². The Hall–Kier alpha value is -3.17. The van der Waals surface area contributed by atoms with E-state index in [1.54, 1.807) is 0 Å². The van der Waals surface area contributed by atoms with Crippen LogP contribution in [0, 0.1) is 27.6 Å². The second kappa shape index (κ2) is 6.98. The number of nitro groups is 1. The second-order valence-electron chi connectivity index (χ2n) is 5.18. The lowest BCUT2D eigenvalue weighted by molar-refractivity contribution is -0.387. The monoisotopic (exact) mass is 371 g/mol. The van der Waals surface area contributed by atoms with E-state index in [4.69, 9.17) is 18.9 Å². The number of rotatable bonds is 5. The predicted molar refractivity (Wildman–Crippen MR) is 81.3 cm³/mol. The average Bonchev–Trinajstić information content (AvgIpc) is 2.62. The van der Waals surface area contributed by atoms with Gasteiger partial charge in [-0.05, 0) is 0 Å². The molecule has 0 bridgehead atoms. The van der Waals surface area contributed by atoms with Crippen LogP contribution < -0.4 is 18.9 Å². The van der Waals surface area contributed by atoms with Gasteiger partial charge in [0.25, 0.3) is 0 Å². The molecule has 0 aromatic heterocycles. The second-order valence-corrected chi connectivity index (χ2v) is 5.18. The van der Waals surface area contributed by atoms with Crippen LogP contribution in [0.2, 0.25) is 0 Å². The Morgan fingerprint density at radius 3 is 2.54 bits per heavy atom. The Labute approximate surface area is 145 Å². The van der Waals surface area contributed by atoms with Crippen LogP contribution in [0.5, 0.6) is 23.0 Å². The molecule has 2 aromatic carbocycles. The van der Waals surface area contributed by atoms with E-state index in [0.717, 1.165) is 18.2 Å². The van der Waals surface area contributed by atoms with E-state index >= 15 is 0 Å². The lowest BCUT2D eigenvalue weighted by Crippen LogP contribution is -2.18. The largest absolute Gasteiger partial charge is 0.493 e. The highest BCUT2D eigenvalue weighted by atomic mass is 19.2. The summed E-state index contributed by atoms with van der Waals surface area (Å²) in [5.74, 6) is -3.85. The van der Waals surface area contributed by atoms with Gasteiger partial charge in [0.1, 0.15) is 19.8 Å². The molecule has 0 unspecified atom stereocenters. The molecule has 26 heavy (non-hydrogen) atoms. The van der Waals surface area contributed by atoms with Crippen molar-refractivity contribution in [1.29, 1.82) is 0 Å². The lowest BCUT2D eigenvalue weighted by Gasteiger charge is -2.22. The number of halogens is 3. The smallest absolute Gasteiger partial charge is 0.308 e. The standard InChI is InChI=1S/C16H12F3NO6/c1-23-12-4-9(17)11(20(21)22)6-13(12)26-7-8-15(19)10(18)5-14-16(8)25-3-2-24-14/h4-6H,2-3,7H2,1H3. The van der Waals surface area contributed by atoms with Gasteiger partial charge in [-0.2, -0.15) is 4.39 Å². The highest BCUT2D eigenvalue weighted by molar-refractivity contribution is 5.51. The van der Waals surface area contributed by atoms with Crippen LogP contribution in [0.1, 0.15) is 5.56 Å². The summed E-state index contributed by atoms with van der Waals surface area (Å²) in [5.41, 5.74) is -1.11. The summed E-state index contributed by atoms with van der Waals surface area (Å²) in [6.07, 6.45) is 0. The summed E-state index contributed by atoms with van der Waals surface area (Å²) in [7, 11) is 1.20. The number of ether oxygens (including phenoxy) is 4. The summed E-state index contributed by atoms with van der Waals surface area (Å²) in [5, 5.41) is 10.9. The summed E-state index contributed by atoms with van der Waals surface area (Å²) in [6, 6.07) is 2.43. The molecule has 0 aliphatic carbocycles. The van der Waals surface area contributed by atoms with Crippen LogP contribution in [-0.4, -0.2) is 25.2 Å². The summed E-state index contributed by atoms with van der Waals surface area (Å²) >= 11 is 0. The minimum Gasteiger partial charge on any atom is -0.493 e. The van der Waals surface area contributed by atoms with Crippen molar-refractivity contribution < 1.29 is 37.0 Å². The highest BCUT2D eigenvalue weighted by Gasteiger charge is 2.25. The van der Waals surface area contributed by atoms with Crippen LogP contribution >= 0.6 is 0 Å². The molecule has 0 saturated carbocycles. The Kier molecular flexibility index (Phi) is 4.74. The zero-order valence-corrected chi connectivity index (χ0v) is 13.4. The van der Waals surface area contributed by atoms with Gasteiger partial charge in [-0.15, -0.1) is 0 Å². The molecule has 138 valence electrons. The van der Waals surface area contributed by atoms with E-state index in [2.05, 4.69) is 0 Å². The summed E-state index contributed by atoms with van der Waals surface area (Å²) in [4.78, 5) is 9.92. The number of hydrogen-bond acceptors (Lipinski definition) is 6. The average molecular weight is 371 g/mol. The molecule has 0 fully saturated rings. The summed E-state index contributed by atoms with van der Waals surface area (Å²) in [6.45, 7) is -0.235. The molecule has 0 amide bonds. The number of fused-ring (bicyclic) bond motifs is 1. The van der Waals surface area contributed by atoms with Crippen LogP contribution in [0.25, 0.3) is 0 Å². The minimum absolute atomic E-state index is 0.0193. The molecule has 0 N–H and O–H groups in total. The van der Waals surface area contributed by atoms with Crippen molar-refractivity contribution in [3.8, 4) is 23.0 Å². The Bertz CT molecular complexity index is 874. The first-order valence-corrected chi connectivity index (χ1v) is 7.33. The Morgan fingerprint density at radius 1 is 1.12 bits per heavy atom. The molecular formula is C16H12F3NO6. The van der Waals surface area contributed by atoms with Crippen molar-refractivity contribution in [2.24, 2.45) is 0 Å². The van der Waals surface area contributed by atoms with Crippen LogP contribution in [0.3, 0.4) is 0 Å². The maximum absolute atomic E-state index is 14.2. The summed E-state index contributed by atoms with van der Waals surface area (Å²) < 4.78 is 62.3.